The Kier molecular flexibility index (Phi) is 5.45. The normalized spacial score (nSPS) is 17.5. The second-order valence-electron chi connectivity index (χ2n) is 5.06. The molecule has 0 bridgehead atoms. The zero-order valence-electron chi connectivity index (χ0n) is 11.4. The third kappa shape index (κ3) is 3.99. The van der Waals surface area contributed by atoms with Gasteiger partial charge in [-0.15, -0.1) is 12.4 Å². The number of para-hydroxylation sites is 1. The molecule has 2 aromatic rings. The highest BCUT2D eigenvalue weighted by molar-refractivity contribution is 5.85. The van der Waals surface area contributed by atoms with Crippen molar-refractivity contribution in [2.75, 3.05) is 6.54 Å². The van der Waals surface area contributed by atoms with Crippen LogP contribution < -0.4 is 10.1 Å². The third-order valence-electron chi connectivity index (χ3n) is 3.52. The van der Waals surface area contributed by atoms with Gasteiger partial charge < -0.3 is 10.1 Å². The van der Waals surface area contributed by atoms with Crippen molar-refractivity contribution in [3.05, 3.63) is 60.2 Å². The van der Waals surface area contributed by atoms with Gasteiger partial charge in [0.2, 0.25) is 0 Å². The van der Waals surface area contributed by atoms with Gasteiger partial charge in [-0.2, -0.15) is 0 Å². The summed E-state index contributed by atoms with van der Waals surface area (Å²) in [5.41, 5.74) is 1.34. The van der Waals surface area contributed by atoms with E-state index in [0.717, 1.165) is 24.5 Å². The van der Waals surface area contributed by atoms with Gasteiger partial charge in [0, 0.05) is 6.04 Å². The lowest BCUT2D eigenvalue weighted by molar-refractivity contribution is 0.481. The summed E-state index contributed by atoms with van der Waals surface area (Å²) in [7, 11) is 0. The van der Waals surface area contributed by atoms with E-state index in [1.807, 2.05) is 36.4 Å². The summed E-state index contributed by atoms with van der Waals surface area (Å²) < 4.78 is 5.86. The Bertz CT molecular complexity index is 524. The van der Waals surface area contributed by atoms with Crippen molar-refractivity contribution in [1.29, 1.82) is 0 Å². The van der Waals surface area contributed by atoms with E-state index in [-0.39, 0.29) is 12.4 Å². The van der Waals surface area contributed by atoms with Crippen LogP contribution in [-0.4, -0.2) is 12.6 Å². The molecule has 1 aliphatic rings. The molecule has 1 atom stereocenters. The minimum absolute atomic E-state index is 0. The first-order valence-corrected chi connectivity index (χ1v) is 6.95. The monoisotopic (exact) mass is 289 g/mol. The molecule has 0 amide bonds. The molecule has 0 aliphatic carbocycles. The molecule has 1 unspecified atom stereocenters. The van der Waals surface area contributed by atoms with Gasteiger partial charge in [0.25, 0.3) is 0 Å². The van der Waals surface area contributed by atoms with E-state index in [0.29, 0.717) is 6.04 Å². The largest absolute Gasteiger partial charge is 0.457 e. The zero-order chi connectivity index (χ0) is 12.9. The summed E-state index contributed by atoms with van der Waals surface area (Å²) in [5.74, 6) is 1.81. The van der Waals surface area contributed by atoms with Crippen LogP contribution in [0, 0.1) is 0 Å². The van der Waals surface area contributed by atoms with Crippen molar-refractivity contribution in [2.24, 2.45) is 0 Å². The van der Waals surface area contributed by atoms with Crippen LogP contribution >= 0.6 is 12.4 Å². The Morgan fingerprint density at radius 1 is 1.00 bits per heavy atom. The van der Waals surface area contributed by atoms with E-state index >= 15 is 0 Å². The van der Waals surface area contributed by atoms with Crippen molar-refractivity contribution >= 4 is 12.4 Å². The molecule has 1 saturated heterocycles. The van der Waals surface area contributed by atoms with Crippen LogP contribution in [-0.2, 0) is 6.42 Å². The highest BCUT2D eigenvalue weighted by Gasteiger charge is 2.14. The molecule has 20 heavy (non-hydrogen) atoms. The summed E-state index contributed by atoms with van der Waals surface area (Å²) >= 11 is 0. The predicted molar refractivity (Wildman–Crippen MR) is 84.9 cm³/mol. The quantitative estimate of drug-likeness (QED) is 0.911. The first kappa shape index (κ1) is 14.9. The number of nitrogens with one attached hydrogen (secondary N) is 1. The van der Waals surface area contributed by atoms with Crippen LogP contribution in [0.2, 0.25) is 0 Å². The molecule has 1 aliphatic heterocycles. The summed E-state index contributed by atoms with van der Waals surface area (Å²) in [6.07, 6.45) is 3.67. The summed E-state index contributed by atoms with van der Waals surface area (Å²) in [6, 6.07) is 19.0. The SMILES string of the molecule is Cl.c1ccc(Oc2cccc(CC3CCCN3)c2)cc1. The van der Waals surface area contributed by atoms with Crippen LogP contribution in [0.5, 0.6) is 11.5 Å². The van der Waals surface area contributed by atoms with Crippen LogP contribution in [0.4, 0.5) is 0 Å². The lowest BCUT2D eigenvalue weighted by atomic mass is 10.0. The minimum Gasteiger partial charge on any atom is -0.457 e. The van der Waals surface area contributed by atoms with Gasteiger partial charge in [-0.3, -0.25) is 0 Å². The van der Waals surface area contributed by atoms with Crippen LogP contribution in [0.3, 0.4) is 0 Å². The van der Waals surface area contributed by atoms with Crippen LogP contribution in [0.1, 0.15) is 18.4 Å². The maximum absolute atomic E-state index is 5.86. The third-order valence-corrected chi connectivity index (χ3v) is 3.52. The Balaban J connectivity index is 0.00000147. The number of rotatable bonds is 4. The fourth-order valence-electron chi connectivity index (χ4n) is 2.58. The fourth-order valence-corrected chi connectivity index (χ4v) is 2.58. The lowest BCUT2D eigenvalue weighted by Crippen LogP contribution is -2.23. The van der Waals surface area contributed by atoms with E-state index in [1.165, 1.54) is 18.4 Å². The van der Waals surface area contributed by atoms with Gasteiger partial charge in [-0.1, -0.05) is 30.3 Å². The van der Waals surface area contributed by atoms with Gasteiger partial charge >= 0.3 is 0 Å². The van der Waals surface area contributed by atoms with E-state index in [1.54, 1.807) is 0 Å². The number of hydrogen-bond donors (Lipinski definition) is 1. The molecule has 3 rings (SSSR count). The Morgan fingerprint density at radius 3 is 2.55 bits per heavy atom. The maximum atomic E-state index is 5.86. The molecule has 106 valence electrons. The molecule has 2 nitrogen and oxygen atoms in total. The average molecular weight is 290 g/mol. The Hall–Kier alpha value is -1.51. The first-order valence-electron chi connectivity index (χ1n) is 6.95. The van der Waals surface area contributed by atoms with E-state index in [9.17, 15) is 0 Å². The number of benzene rings is 2. The molecule has 1 heterocycles. The second-order valence-corrected chi connectivity index (χ2v) is 5.06. The van der Waals surface area contributed by atoms with Gasteiger partial charge in [-0.05, 0) is 55.6 Å². The highest BCUT2D eigenvalue weighted by Crippen LogP contribution is 2.23. The van der Waals surface area contributed by atoms with E-state index in [2.05, 4.69) is 23.5 Å². The second kappa shape index (κ2) is 7.32. The molecule has 3 heteroatoms. The van der Waals surface area contributed by atoms with Crippen LogP contribution in [0.15, 0.2) is 54.6 Å². The standard InChI is InChI=1S/C17H19NO.ClH/c1-2-8-16(9-3-1)19-17-10-4-6-14(13-17)12-15-7-5-11-18-15;/h1-4,6,8-10,13,15,18H,5,7,11-12H2;1H. The molecule has 0 spiro atoms. The minimum atomic E-state index is 0. The lowest BCUT2D eigenvalue weighted by Gasteiger charge is -2.11. The number of hydrogen-bond acceptors (Lipinski definition) is 2. The molecule has 2 aromatic carbocycles. The van der Waals surface area contributed by atoms with Crippen molar-refractivity contribution in [3.8, 4) is 11.5 Å². The Labute approximate surface area is 126 Å². The molecule has 1 fully saturated rings. The molecular weight excluding hydrogens is 270 g/mol. The molecule has 0 aromatic heterocycles. The number of ether oxygens (including phenoxy) is 1. The number of halogens is 1. The topological polar surface area (TPSA) is 21.3 Å². The van der Waals surface area contributed by atoms with Gasteiger partial charge in [0.05, 0.1) is 0 Å². The van der Waals surface area contributed by atoms with Gasteiger partial charge in [-0.25, -0.2) is 0 Å². The highest BCUT2D eigenvalue weighted by atomic mass is 35.5. The van der Waals surface area contributed by atoms with E-state index in [4.69, 9.17) is 4.74 Å². The predicted octanol–water partition coefficient (Wildman–Crippen LogP) is 4.20. The summed E-state index contributed by atoms with van der Waals surface area (Å²) in [5, 5.41) is 3.53. The zero-order valence-corrected chi connectivity index (χ0v) is 12.2. The maximum Gasteiger partial charge on any atom is 0.127 e. The van der Waals surface area contributed by atoms with Gasteiger partial charge in [0.1, 0.15) is 11.5 Å². The molecule has 1 N–H and O–H groups in total. The smallest absolute Gasteiger partial charge is 0.127 e. The molecule has 0 saturated carbocycles. The Morgan fingerprint density at radius 2 is 1.80 bits per heavy atom. The first-order chi connectivity index (χ1) is 9.40. The molecule has 0 radical (unpaired) electrons. The summed E-state index contributed by atoms with van der Waals surface area (Å²) in [6.45, 7) is 1.16. The van der Waals surface area contributed by atoms with Crippen molar-refractivity contribution in [1.82, 2.24) is 5.32 Å². The fraction of sp³-hybridized carbons (Fsp3) is 0.294. The van der Waals surface area contributed by atoms with E-state index < -0.39 is 0 Å². The molecular formula is C17H20ClNO. The van der Waals surface area contributed by atoms with Crippen molar-refractivity contribution in [3.63, 3.8) is 0 Å². The average Bonchev–Trinajstić information content (AvgIpc) is 2.93. The summed E-state index contributed by atoms with van der Waals surface area (Å²) in [4.78, 5) is 0. The van der Waals surface area contributed by atoms with Crippen molar-refractivity contribution < 1.29 is 4.74 Å². The van der Waals surface area contributed by atoms with Crippen LogP contribution in [0.25, 0.3) is 0 Å². The van der Waals surface area contributed by atoms with Crippen molar-refractivity contribution in [2.45, 2.75) is 25.3 Å². The van der Waals surface area contributed by atoms with Gasteiger partial charge in [0.15, 0.2) is 0 Å².